The first-order valence-electron chi connectivity index (χ1n) is 7.59. The van der Waals surface area contributed by atoms with Crippen LogP contribution in [0.4, 0.5) is 5.69 Å². The molecule has 0 aromatic heterocycles. The average Bonchev–Trinajstić information content (AvgIpc) is 2.56. The van der Waals surface area contributed by atoms with E-state index in [1.807, 2.05) is 30.3 Å². The Morgan fingerprint density at radius 2 is 1.88 bits per heavy atom. The van der Waals surface area contributed by atoms with E-state index in [9.17, 15) is 9.59 Å². The molecule has 126 valence electrons. The fourth-order valence-corrected chi connectivity index (χ4v) is 2.26. The standard InChI is InChI=1S/C18H19ClN2O3/c1-13(22)21-14-8-9-17(19)16(12-14)18(23)20-10-5-11-24-15-6-3-2-4-7-15/h2-4,6-9,12H,5,10-11H2,1H3,(H,20,23)(H,21,22). The molecule has 0 aliphatic rings. The van der Waals surface area contributed by atoms with Crippen molar-refractivity contribution < 1.29 is 14.3 Å². The number of benzene rings is 2. The second kappa shape index (κ2) is 8.93. The van der Waals surface area contributed by atoms with Gasteiger partial charge >= 0.3 is 0 Å². The van der Waals surface area contributed by atoms with Crippen molar-refractivity contribution in [2.45, 2.75) is 13.3 Å². The molecule has 0 fully saturated rings. The number of carbonyl (C=O) groups excluding carboxylic acids is 2. The molecule has 2 aromatic rings. The zero-order chi connectivity index (χ0) is 17.4. The summed E-state index contributed by atoms with van der Waals surface area (Å²) in [5.41, 5.74) is 0.858. The van der Waals surface area contributed by atoms with Crippen LogP contribution in [0.2, 0.25) is 5.02 Å². The molecule has 0 heterocycles. The van der Waals surface area contributed by atoms with E-state index in [1.165, 1.54) is 6.92 Å². The van der Waals surface area contributed by atoms with Gasteiger partial charge in [0.25, 0.3) is 5.91 Å². The van der Waals surface area contributed by atoms with E-state index < -0.39 is 0 Å². The molecule has 0 aliphatic heterocycles. The molecule has 2 N–H and O–H groups in total. The Morgan fingerprint density at radius 1 is 1.12 bits per heavy atom. The first kappa shape index (κ1) is 17.8. The maximum absolute atomic E-state index is 12.2. The summed E-state index contributed by atoms with van der Waals surface area (Å²) >= 11 is 6.05. The Morgan fingerprint density at radius 3 is 2.58 bits per heavy atom. The molecule has 0 atom stereocenters. The third-order valence-corrected chi connectivity index (χ3v) is 3.48. The maximum atomic E-state index is 12.2. The fourth-order valence-electron chi connectivity index (χ4n) is 2.06. The topological polar surface area (TPSA) is 67.4 Å². The minimum Gasteiger partial charge on any atom is -0.494 e. The minimum absolute atomic E-state index is 0.207. The number of carbonyl (C=O) groups is 2. The Labute approximate surface area is 146 Å². The first-order chi connectivity index (χ1) is 11.6. The highest BCUT2D eigenvalue weighted by Crippen LogP contribution is 2.20. The number of halogens is 1. The van der Waals surface area contributed by atoms with Crippen LogP contribution in [0.5, 0.6) is 5.75 Å². The fraction of sp³-hybridized carbons (Fsp3) is 0.222. The molecule has 0 radical (unpaired) electrons. The van der Waals surface area contributed by atoms with Crippen LogP contribution in [0.3, 0.4) is 0 Å². The van der Waals surface area contributed by atoms with Crippen molar-refractivity contribution in [2.75, 3.05) is 18.5 Å². The number of nitrogens with one attached hydrogen (secondary N) is 2. The van der Waals surface area contributed by atoms with Gasteiger partial charge in [-0.3, -0.25) is 9.59 Å². The average molecular weight is 347 g/mol. The van der Waals surface area contributed by atoms with Gasteiger partial charge in [0.1, 0.15) is 5.75 Å². The zero-order valence-corrected chi connectivity index (χ0v) is 14.1. The summed E-state index contributed by atoms with van der Waals surface area (Å²) in [4.78, 5) is 23.3. The van der Waals surface area contributed by atoms with E-state index in [4.69, 9.17) is 16.3 Å². The summed E-state index contributed by atoms with van der Waals surface area (Å²) in [6.07, 6.45) is 0.670. The molecule has 2 amide bonds. The Kier molecular flexibility index (Phi) is 6.63. The van der Waals surface area contributed by atoms with Crippen LogP contribution in [-0.2, 0) is 4.79 Å². The van der Waals surface area contributed by atoms with Crippen molar-refractivity contribution in [2.24, 2.45) is 0 Å². The van der Waals surface area contributed by atoms with Crippen LogP contribution in [0, 0.1) is 0 Å². The lowest BCUT2D eigenvalue weighted by Crippen LogP contribution is -2.26. The van der Waals surface area contributed by atoms with Gasteiger partial charge in [-0.1, -0.05) is 29.8 Å². The van der Waals surface area contributed by atoms with Crippen LogP contribution in [-0.4, -0.2) is 25.0 Å². The number of para-hydroxylation sites is 1. The van der Waals surface area contributed by atoms with Gasteiger partial charge in [0.15, 0.2) is 0 Å². The molecule has 0 aliphatic carbocycles. The lowest BCUT2D eigenvalue weighted by molar-refractivity contribution is -0.114. The highest BCUT2D eigenvalue weighted by Gasteiger charge is 2.11. The quantitative estimate of drug-likeness (QED) is 0.754. The summed E-state index contributed by atoms with van der Waals surface area (Å²) in [5.74, 6) is 0.309. The lowest BCUT2D eigenvalue weighted by atomic mass is 10.2. The van der Waals surface area contributed by atoms with E-state index in [1.54, 1.807) is 18.2 Å². The summed E-state index contributed by atoms with van der Waals surface area (Å²) in [6, 6.07) is 14.3. The van der Waals surface area contributed by atoms with Gasteiger partial charge < -0.3 is 15.4 Å². The van der Waals surface area contributed by atoms with Gasteiger partial charge in [0.05, 0.1) is 17.2 Å². The Hall–Kier alpha value is -2.53. The van der Waals surface area contributed by atoms with Crippen molar-refractivity contribution in [1.82, 2.24) is 5.32 Å². The predicted octanol–water partition coefficient (Wildman–Crippen LogP) is 3.50. The van der Waals surface area contributed by atoms with Gasteiger partial charge in [-0.15, -0.1) is 0 Å². The van der Waals surface area contributed by atoms with E-state index in [0.29, 0.717) is 35.8 Å². The normalized spacial score (nSPS) is 10.1. The maximum Gasteiger partial charge on any atom is 0.252 e. The van der Waals surface area contributed by atoms with Crippen LogP contribution in [0.1, 0.15) is 23.7 Å². The highest BCUT2D eigenvalue weighted by atomic mass is 35.5. The summed E-state index contributed by atoms with van der Waals surface area (Å²) in [7, 11) is 0. The zero-order valence-electron chi connectivity index (χ0n) is 13.3. The van der Waals surface area contributed by atoms with Crippen molar-refractivity contribution >= 4 is 29.1 Å². The minimum atomic E-state index is -0.285. The van der Waals surface area contributed by atoms with Crippen molar-refractivity contribution in [3.63, 3.8) is 0 Å². The molecular formula is C18H19ClN2O3. The van der Waals surface area contributed by atoms with E-state index in [-0.39, 0.29) is 11.8 Å². The van der Waals surface area contributed by atoms with Crippen molar-refractivity contribution in [1.29, 1.82) is 0 Å². The first-order valence-corrected chi connectivity index (χ1v) is 7.97. The summed E-state index contributed by atoms with van der Waals surface area (Å²) in [5, 5.41) is 5.75. The van der Waals surface area contributed by atoms with Gasteiger partial charge in [-0.05, 0) is 36.8 Å². The number of rotatable bonds is 7. The molecule has 2 aromatic carbocycles. The number of hydrogen-bond donors (Lipinski definition) is 2. The molecule has 2 rings (SSSR count). The molecule has 24 heavy (non-hydrogen) atoms. The molecule has 6 heteroatoms. The molecule has 0 spiro atoms. The third kappa shape index (κ3) is 5.59. The summed E-state index contributed by atoms with van der Waals surface area (Å²) in [6.45, 7) is 2.37. The van der Waals surface area contributed by atoms with Crippen LogP contribution in [0.25, 0.3) is 0 Å². The van der Waals surface area contributed by atoms with Crippen molar-refractivity contribution in [3.05, 3.63) is 59.1 Å². The van der Waals surface area contributed by atoms with Crippen LogP contribution >= 0.6 is 11.6 Å². The molecule has 0 saturated heterocycles. The van der Waals surface area contributed by atoms with Gasteiger partial charge in [0, 0.05) is 19.2 Å². The predicted molar refractivity (Wildman–Crippen MR) is 94.6 cm³/mol. The van der Waals surface area contributed by atoms with Crippen molar-refractivity contribution in [3.8, 4) is 5.75 Å². The largest absolute Gasteiger partial charge is 0.494 e. The number of anilines is 1. The SMILES string of the molecule is CC(=O)Nc1ccc(Cl)c(C(=O)NCCCOc2ccccc2)c1. The molecule has 0 bridgehead atoms. The van der Waals surface area contributed by atoms with Crippen LogP contribution in [0.15, 0.2) is 48.5 Å². The number of hydrogen-bond acceptors (Lipinski definition) is 3. The summed E-state index contributed by atoms with van der Waals surface area (Å²) < 4.78 is 5.56. The second-order valence-electron chi connectivity index (χ2n) is 5.15. The molecule has 5 nitrogen and oxygen atoms in total. The number of ether oxygens (including phenoxy) is 1. The monoisotopic (exact) mass is 346 g/mol. The van der Waals surface area contributed by atoms with E-state index >= 15 is 0 Å². The highest BCUT2D eigenvalue weighted by molar-refractivity contribution is 6.34. The van der Waals surface area contributed by atoms with Gasteiger partial charge in [0.2, 0.25) is 5.91 Å². The molecule has 0 unspecified atom stereocenters. The van der Waals surface area contributed by atoms with Gasteiger partial charge in [-0.25, -0.2) is 0 Å². The number of amides is 2. The van der Waals surface area contributed by atoms with E-state index in [2.05, 4.69) is 10.6 Å². The lowest BCUT2D eigenvalue weighted by Gasteiger charge is -2.10. The smallest absolute Gasteiger partial charge is 0.252 e. The third-order valence-electron chi connectivity index (χ3n) is 3.15. The molecular weight excluding hydrogens is 328 g/mol. The second-order valence-corrected chi connectivity index (χ2v) is 5.55. The molecule has 0 saturated carbocycles. The van der Waals surface area contributed by atoms with E-state index in [0.717, 1.165) is 5.75 Å². The van der Waals surface area contributed by atoms with Gasteiger partial charge in [-0.2, -0.15) is 0 Å². The Balaban J connectivity index is 1.80. The Bertz CT molecular complexity index is 705. The van der Waals surface area contributed by atoms with Crippen LogP contribution < -0.4 is 15.4 Å².